The molecule has 5 heteroatoms. The SMILES string of the molecule is CCC(N)C(Oc1cccc(C#N)c1)c1ccc(Cl)s1. The minimum Gasteiger partial charge on any atom is -0.483 e. The molecule has 0 fully saturated rings. The topological polar surface area (TPSA) is 59.0 Å². The van der Waals surface area contributed by atoms with Crippen LogP contribution in [0.4, 0.5) is 0 Å². The molecule has 0 aliphatic heterocycles. The maximum atomic E-state index is 8.93. The van der Waals surface area contributed by atoms with Crippen LogP contribution in [0.2, 0.25) is 4.34 Å². The molecule has 2 N–H and O–H groups in total. The molecule has 0 saturated heterocycles. The summed E-state index contributed by atoms with van der Waals surface area (Å²) < 4.78 is 6.70. The van der Waals surface area contributed by atoms with Crippen molar-refractivity contribution in [2.45, 2.75) is 25.5 Å². The quantitative estimate of drug-likeness (QED) is 0.903. The molecule has 104 valence electrons. The van der Waals surface area contributed by atoms with Gasteiger partial charge in [-0.3, -0.25) is 0 Å². The van der Waals surface area contributed by atoms with E-state index in [1.54, 1.807) is 18.2 Å². The Balaban J connectivity index is 2.26. The Morgan fingerprint density at radius 3 is 2.80 bits per heavy atom. The molecule has 0 radical (unpaired) electrons. The number of halogens is 1. The van der Waals surface area contributed by atoms with Crippen molar-refractivity contribution in [1.29, 1.82) is 5.26 Å². The first kappa shape index (κ1) is 14.9. The molecule has 2 rings (SSSR count). The number of nitriles is 1. The molecule has 0 bridgehead atoms. The monoisotopic (exact) mass is 306 g/mol. The Labute approximate surface area is 127 Å². The molecule has 0 aliphatic rings. The Morgan fingerprint density at radius 1 is 1.40 bits per heavy atom. The molecule has 0 saturated carbocycles. The van der Waals surface area contributed by atoms with Crippen LogP contribution in [-0.4, -0.2) is 6.04 Å². The highest BCUT2D eigenvalue weighted by Gasteiger charge is 2.22. The zero-order valence-corrected chi connectivity index (χ0v) is 12.6. The average Bonchev–Trinajstić information content (AvgIpc) is 2.90. The predicted molar refractivity (Wildman–Crippen MR) is 82.1 cm³/mol. The van der Waals surface area contributed by atoms with E-state index in [2.05, 4.69) is 6.07 Å². The first-order valence-corrected chi connectivity index (χ1v) is 7.51. The molecule has 0 spiro atoms. The van der Waals surface area contributed by atoms with Crippen LogP contribution >= 0.6 is 22.9 Å². The normalized spacial score (nSPS) is 13.5. The van der Waals surface area contributed by atoms with Crippen LogP contribution in [0, 0.1) is 11.3 Å². The lowest BCUT2D eigenvalue weighted by atomic mass is 10.1. The lowest BCUT2D eigenvalue weighted by Gasteiger charge is -2.23. The van der Waals surface area contributed by atoms with Crippen LogP contribution in [0.25, 0.3) is 0 Å². The van der Waals surface area contributed by atoms with Crippen LogP contribution in [-0.2, 0) is 0 Å². The van der Waals surface area contributed by atoms with Crippen LogP contribution in [0.1, 0.15) is 29.9 Å². The number of thiophene rings is 1. The Morgan fingerprint density at radius 2 is 2.20 bits per heavy atom. The molecule has 1 aromatic carbocycles. The first-order chi connectivity index (χ1) is 9.63. The van der Waals surface area contributed by atoms with Crippen LogP contribution in [0.5, 0.6) is 5.75 Å². The van der Waals surface area contributed by atoms with E-state index in [0.29, 0.717) is 15.6 Å². The molecule has 1 heterocycles. The summed E-state index contributed by atoms with van der Waals surface area (Å²) in [6.07, 6.45) is 0.532. The van der Waals surface area contributed by atoms with Crippen molar-refractivity contribution < 1.29 is 4.74 Å². The summed E-state index contributed by atoms with van der Waals surface area (Å²) in [7, 11) is 0. The summed E-state index contributed by atoms with van der Waals surface area (Å²) in [4.78, 5) is 0.992. The number of nitrogens with zero attached hydrogens (tertiary/aromatic N) is 1. The summed E-state index contributed by atoms with van der Waals surface area (Å²) in [6.45, 7) is 2.02. The number of ether oxygens (including phenoxy) is 1. The Hall–Kier alpha value is -1.54. The second-order valence-electron chi connectivity index (χ2n) is 4.39. The molecule has 2 atom stereocenters. The van der Waals surface area contributed by atoms with E-state index < -0.39 is 0 Å². The predicted octanol–water partition coefficient (Wildman–Crippen LogP) is 4.13. The summed E-state index contributed by atoms with van der Waals surface area (Å²) in [5.41, 5.74) is 6.72. The largest absolute Gasteiger partial charge is 0.483 e. The minimum atomic E-state index is -0.258. The van der Waals surface area contributed by atoms with E-state index >= 15 is 0 Å². The highest BCUT2D eigenvalue weighted by molar-refractivity contribution is 7.16. The van der Waals surface area contributed by atoms with Crippen LogP contribution in [0.15, 0.2) is 36.4 Å². The molecule has 2 unspecified atom stereocenters. The summed E-state index contributed by atoms with van der Waals surface area (Å²) in [5.74, 6) is 0.641. The summed E-state index contributed by atoms with van der Waals surface area (Å²) in [5, 5.41) is 8.93. The van der Waals surface area contributed by atoms with E-state index in [1.807, 2.05) is 25.1 Å². The van der Waals surface area contributed by atoms with Crippen molar-refractivity contribution >= 4 is 22.9 Å². The zero-order chi connectivity index (χ0) is 14.5. The second-order valence-corrected chi connectivity index (χ2v) is 6.14. The van der Waals surface area contributed by atoms with Crippen molar-refractivity contribution in [3.63, 3.8) is 0 Å². The van der Waals surface area contributed by atoms with Gasteiger partial charge in [0.2, 0.25) is 0 Å². The first-order valence-electron chi connectivity index (χ1n) is 6.31. The molecule has 20 heavy (non-hydrogen) atoms. The zero-order valence-electron chi connectivity index (χ0n) is 11.0. The summed E-state index contributed by atoms with van der Waals surface area (Å²) in [6, 6.07) is 12.8. The van der Waals surface area contributed by atoms with E-state index in [1.165, 1.54) is 11.3 Å². The lowest BCUT2D eigenvalue weighted by Crippen LogP contribution is -2.30. The average molecular weight is 307 g/mol. The fourth-order valence-electron chi connectivity index (χ4n) is 1.84. The van der Waals surface area contributed by atoms with Gasteiger partial charge in [-0.05, 0) is 36.8 Å². The maximum Gasteiger partial charge on any atom is 0.148 e. The third kappa shape index (κ3) is 3.51. The van der Waals surface area contributed by atoms with E-state index in [0.717, 1.165) is 11.3 Å². The third-order valence-electron chi connectivity index (χ3n) is 2.96. The molecular formula is C15H15ClN2OS. The second kappa shape index (κ2) is 6.76. The van der Waals surface area contributed by atoms with Gasteiger partial charge in [0.25, 0.3) is 0 Å². The van der Waals surface area contributed by atoms with Crippen molar-refractivity contribution in [2.24, 2.45) is 5.73 Å². The molecule has 0 amide bonds. The van der Waals surface area contributed by atoms with Gasteiger partial charge in [-0.15, -0.1) is 11.3 Å². The molecule has 1 aromatic heterocycles. The van der Waals surface area contributed by atoms with Crippen molar-refractivity contribution in [3.05, 3.63) is 51.2 Å². The number of nitrogens with two attached hydrogens (primary N) is 1. The van der Waals surface area contributed by atoms with Gasteiger partial charge in [-0.1, -0.05) is 24.6 Å². The van der Waals surface area contributed by atoms with E-state index in [-0.39, 0.29) is 12.1 Å². The van der Waals surface area contributed by atoms with Gasteiger partial charge in [-0.25, -0.2) is 0 Å². The number of benzene rings is 1. The van der Waals surface area contributed by atoms with E-state index in [9.17, 15) is 0 Å². The Bertz CT molecular complexity index is 620. The molecule has 2 aromatic rings. The van der Waals surface area contributed by atoms with Crippen molar-refractivity contribution in [2.75, 3.05) is 0 Å². The lowest BCUT2D eigenvalue weighted by molar-refractivity contribution is 0.174. The number of rotatable bonds is 5. The molecule has 3 nitrogen and oxygen atoms in total. The number of hydrogen-bond acceptors (Lipinski definition) is 4. The smallest absolute Gasteiger partial charge is 0.148 e. The number of hydrogen-bond donors (Lipinski definition) is 1. The van der Waals surface area contributed by atoms with Gasteiger partial charge in [0, 0.05) is 10.9 Å². The van der Waals surface area contributed by atoms with Crippen LogP contribution in [0.3, 0.4) is 0 Å². The van der Waals surface area contributed by atoms with Crippen molar-refractivity contribution in [3.8, 4) is 11.8 Å². The fraction of sp³-hybridized carbons (Fsp3) is 0.267. The Kier molecular flexibility index (Phi) is 5.02. The van der Waals surface area contributed by atoms with Crippen molar-refractivity contribution in [1.82, 2.24) is 0 Å². The van der Waals surface area contributed by atoms with Gasteiger partial charge >= 0.3 is 0 Å². The van der Waals surface area contributed by atoms with Gasteiger partial charge < -0.3 is 10.5 Å². The van der Waals surface area contributed by atoms with Gasteiger partial charge in [0.15, 0.2) is 0 Å². The maximum absolute atomic E-state index is 8.93. The highest BCUT2D eigenvalue weighted by atomic mass is 35.5. The fourth-order valence-corrected chi connectivity index (χ4v) is 3.00. The molecular weight excluding hydrogens is 292 g/mol. The van der Waals surface area contributed by atoms with Gasteiger partial charge in [-0.2, -0.15) is 5.26 Å². The third-order valence-corrected chi connectivity index (χ3v) is 4.25. The standard InChI is InChI=1S/C15H15ClN2OS/c1-2-12(18)15(13-6-7-14(16)20-13)19-11-5-3-4-10(8-11)9-17/h3-8,12,15H,2,18H2,1H3. The van der Waals surface area contributed by atoms with E-state index in [4.69, 9.17) is 27.3 Å². The highest BCUT2D eigenvalue weighted by Crippen LogP contribution is 2.32. The van der Waals surface area contributed by atoms with Gasteiger partial charge in [0.05, 0.1) is 16.0 Å². The van der Waals surface area contributed by atoms with Crippen LogP contribution < -0.4 is 10.5 Å². The summed E-state index contributed by atoms with van der Waals surface area (Å²) >= 11 is 7.45. The van der Waals surface area contributed by atoms with Gasteiger partial charge in [0.1, 0.15) is 11.9 Å². The minimum absolute atomic E-state index is 0.129. The molecule has 0 aliphatic carbocycles.